The van der Waals surface area contributed by atoms with Gasteiger partial charge in [-0.2, -0.15) is 0 Å². The van der Waals surface area contributed by atoms with Crippen LogP contribution in [0.5, 0.6) is 0 Å². The van der Waals surface area contributed by atoms with Crippen LogP contribution < -0.4 is 5.32 Å². The molecule has 0 unspecified atom stereocenters. The molecule has 1 aromatic rings. The number of hydrogen-bond donors (Lipinski definition) is 1. The molecule has 0 saturated carbocycles. The lowest BCUT2D eigenvalue weighted by Gasteiger charge is -2.22. The number of carbonyl (C=O) groups excluding carboxylic acids is 1. The molecule has 23 heavy (non-hydrogen) atoms. The number of aryl methyl sites for hydroxylation is 1. The molecule has 1 rings (SSSR count). The van der Waals surface area contributed by atoms with Crippen LogP contribution in [0, 0.1) is 0 Å². The molecule has 1 heterocycles. The molecule has 0 radical (unpaired) electrons. The maximum absolute atomic E-state index is 11.3. The summed E-state index contributed by atoms with van der Waals surface area (Å²) >= 11 is 0. The normalized spacial score (nSPS) is 10.9. The molecular weight excluding hydrogens is 407 g/mol. The van der Waals surface area contributed by atoms with Crippen molar-refractivity contribution in [1.82, 2.24) is 14.8 Å². The number of nitrogens with zero attached hydrogens (tertiary/aromatic N) is 3. The highest BCUT2D eigenvalue weighted by molar-refractivity contribution is 14.0. The van der Waals surface area contributed by atoms with Crippen LogP contribution in [-0.4, -0.2) is 48.1 Å². The second kappa shape index (κ2) is 12.2. The third-order valence-corrected chi connectivity index (χ3v) is 3.25. The molecule has 1 N–H and O–H groups in total. The Balaban J connectivity index is 0.00000484. The number of rotatable bonds is 8. The third-order valence-electron chi connectivity index (χ3n) is 3.25. The molecule has 0 spiro atoms. The van der Waals surface area contributed by atoms with Crippen LogP contribution in [0.1, 0.15) is 32.4 Å². The summed E-state index contributed by atoms with van der Waals surface area (Å²) in [6, 6.07) is 4.13. The van der Waals surface area contributed by atoms with Gasteiger partial charge in [-0.25, -0.2) is 0 Å². The average molecular weight is 436 g/mol. The molecule has 132 valence electrons. The topological polar surface area (TPSA) is 58.9 Å². The molecule has 0 aliphatic heterocycles. The third kappa shape index (κ3) is 8.24. The van der Waals surface area contributed by atoms with Crippen LogP contribution in [0.2, 0.25) is 0 Å². The van der Waals surface area contributed by atoms with Crippen LogP contribution in [-0.2, 0) is 23.1 Å². The van der Waals surface area contributed by atoms with Gasteiger partial charge in [0.2, 0.25) is 0 Å². The van der Waals surface area contributed by atoms with Crippen molar-refractivity contribution >= 4 is 35.9 Å². The van der Waals surface area contributed by atoms with Gasteiger partial charge in [0.15, 0.2) is 5.96 Å². The summed E-state index contributed by atoms with van der Waals surface area (Å²) in [6.07, 6.45) is 3.15. The summed E-state index contributed by atoms with van der Waals surface area (Å²) in [5, 5.41) is 3.28. The monoisotopic (exact) mass is 436 g/mol. The largest absolute Gasteiger partial charge is 0.466 e. The minimum Gasteiger partial charge on any atom is -0.466 e. The molecule has 0 saturated heterocycles. The van der Waals surface area contributed by atoms with E-state index in [9.17, 15) is 4.79 Å². The van der Waals surface area contributed by atoms with Crippen molar-refractivity contribution < 1.29 is 9.53 Å². The first kappa shape index (κ1) is 21.8. The van der Waals surface area contributed by atoms with Gasteiger partial charge in [0.05, 0.1) is 13.2 Å². The van der Waals surface area contributed by atoms with Crippen LogP contribution in [0.25, 0.3) is 0 Å². The van der Waals surface area contributed by atoms with Crippen molar-refractivity contribution in [2.24, 2.45) is 12.0 Å². The van der Waals surface area contributed by atoms with E-state index < -0.39 is 0 Å². The van der Waals surface area contributed by atoms with Crippen molar-refractivity contribution in [3.63, 3.8) is 0 Å². The van der Waals surface area contributed by atoms with E-state index in [1.165, 1.54) is 5.69 Å². The fourth-order valence-corrected chi connectivity index (χ4v) is 2.09. The summed E-state index contributed by atoms with van der Waals surface area (Å²) in [7, 11) is 4.05. The second-order valence-corrected chi connectivity index (χ2v) is 5.11. The lowest BCUT2D eigenvalue weighted by Crippen LogP contribution is -2.38. The molecular formula is C16H29IN4O2. The van der Waals surface area contributed by atoms with Crippen molar-refractivity contribution in [2.75, 3.05) is 26.7 Å². The van der Waals surface area contributed by atoms with Crippen molar-refractivity contribution in [3.8, 4) is 0 Å². The summed E-state index contributed by atoms with van der Waals surface area (Å²) in [6.45, 7) is 6.51. The second-order valence-electron chi connectivity index (χ2n) is 5.11. The first-order valence-electron chi connectivity index (χ1n) is 7.83. The Kier molecular flexibility index (Phi) is 11.5. The molecule has 0 aliphatic carbocycles. The van der Waals surface area contributed by atoms with E-state index in [4.69, 9.17) is 4.74 Å². The predicted molar refractivity (Wildman–Crippen MR) is 104 cm³/mol. The predicted octanol–water partition coefficient (Wildman–Crippen LogP) is 2.38. The van der Waals surface area contributed by atoms with Crippen molar-refractivity contribution in [3.05, 3.63) is 24.0 Å². The highest BCUT2D eigenvalue weighted by Gasteiger charge is 2.08. The van der Waals surface area contributed by atoms with Crippen molar-refractivity contribution in [1.29, 1.82) is 0 Å². The van der Waals surface area contributed by atoms with Gasteiger partial charge in [-0.05, 0) is 32.4 Å². The maximum Gasteiger partial charge on any atom is 0.305 e. The zero-order chi connectivity index (χ0) is 16.4. The van der Waals surface area contributed by atoms with Gasteiger partial charge in [0.25, 0.3) is 0 Å². The molecule has 0 aliphatic rings. The summed E-state index contributed by atoms with van der Waals surface area (Å²) in [5.74, 6) is 0.701. The van der Waals surface area contributed by atoms with E-state index in [-0.39, 0.29) is 29.9 Å². The number of carbonyl (C=O) groups is 1. The first-order valence-corrected chi connectivity index (χ1v) is 7.83. The summed E-state index contributed by atoms with van der Waals surface area (Å²) in [4.78, 5) is 18.0. The number of aliphatic imine (C=N–C) groups is 1. The zero-order valence-electron chi connectivity index (χ0n) is 14.5. The summed E-state index contributed by atoms with van der Waals surface area (Å²) < 4.78 is 7.01. The highest BCUT2D eigenvalue weighted by atomic mass is 127. The van der Waals surface area contributed by atoms with Crippen LogP contribution >= 0.6 is 24.0 Å². The van der Waals surface area contributed by atoms with Gasteiger partial charge in [-0.15, -0.1) is 24.0 Å². The molecule has 1 aromatic heterocycles. The fourth-order valence-electron chi connectivity index (χ4n) is 2.09. The molecule has 0 atom stereocenters. The standard InChI is InChI=1S/C16H28N4O2.HI/c1-5-17-16(18-11-7-10-15(21)22-6-2)20(4)13-14-9-8-12-19(14)3;/h8-9,12H,5-7,10-11,13H2,1-4H3,(H,17,18);1H. The first-order chi connectivity index (χ1) is 10.6. The van der Waals surface area contributed by atoms with Gasteiger partial charge in [0, 0.05) is 45.5 Å². The van der Waals surface area contributed by atoms with Gasteiger partial charge < -0.3 is 19.5 Å². The smallest absolute Gasteiger partial charge is 0.305 e. The van der Waals surface area contributed by atoms with E-state index in [0.29, 0.717) is 26.0 Å². The fraction of sp³-hybridized carbons (Fsp3) is 0.625. The van der Waals surface area contributed by atoms with Crippen LogP contribution in [0.3, 0.4) is 0 Å². The van der Waals surface area contributed by atoms with Crippen LogP contribution in [0.4, 0.5) is 0 Å². The van der Waals surface area contributed by atoms with Gasteiger partial charge >= 0.3 is 5.97 Å². The van der Waals surface area contributed by atoms with Crippen molar-refractivity contribution in [2.45, 2.75) is 33.2 Å². The number of aromatic nitrogens is 1. The number of ether oxygens (including phenoxy) is 1. The molecule has 6 nitrogen and oxygen atoms in total. The van der Waals surface area contributed by atoms with E-state index in [1.807, 2.05) is 40.2 Å². The van der Waals surface area contributed by atoms with Crippen LogP contribution in [0.15, 0.2) is 23.3 Å². The van der Waals surface area contributed by atoms with Gasteiger partial charge in [-0.3, -0.25) is 9.79 Å². The molecule has 0 bridgehead atoms. The number of nitrogens with one attached hydrogen (secondary N) is 1. The van der Waals surface area contributed by atoms with Gasteiger partial charge in [-0.1, -0.05) is 0 Å². The molecule has 7 heteroatoms. The lowest BCUT2D eigenvalue weighted by molar-refractivity contribution is -0.143. The Morgan fingerprint density at radius 2 is 2.17 bits per heavy atom. The molecule has 0 amide bonds. The maximum atomic E-state index is 11.3. The van der Waals surface area contributed by atoms with Gasteiger partial charge in [0.1, 0.15) is 0 Å². The van der Waals surface area contributed by atoms with E-state index in [2.05, 4.69) is 25.8 Å². The van der Waals surface area contributed by atoms with E-state index >= 15 is 0 Å². The number of hydrogen-bond acceptors (Lipinski definition) is 3. The molecule has 0 aromatic carbocycles. The number of esters is 1. The molecule has 0 fully saturated rings. The highest BCUT2D eigenvalue weighted by Crippen LogP contribution is 2.04. The Labute approximate surface area is 156 Å². The average Bonchev–Trinajstić information content (AvgIpc) is 2.88. The van der Waals surface area contributed by atoms with E-state index in [0.717, 1.165) is 19.0 Å². The Morgan fingerprint density at radius 1 is 1.43 bits per heavy atom. The Morgan fingerprint density at radius 3 is 2.74 bits per heavy atom. The minimum atomic E-state index is -0.153. The Bertz CT molecular complexity index is 488. The van der Waals surface area contributed by atoms with E-state index in [1.54, 1.807) is 0 Å². The number of halogens is 1. The quantitative estimate of drug-likeness (QED) is 0.224. The Hall–Kier alpha value is -1.25. The minimum absolute atomic E-state index is 0. The summed E-state index contributed by atoms with van der Waals surface area (Å²) in [5.41, 5.74) is 1.22. The SMILES string of the molecule is CCNC(=NCCCC(=O)OCC)N(C)Cc1cccn1C.I. The number of guanidine groups is 1. The zero-order valence-corrected chi connectivity index (χ0v) is 16.9. The lowest BCUT2D eigenvalue weighted by atomic mass is 10.3.